The van der Waals surface area contributed by atoms with Gasteiger partial charge in [-0.2, -0.15) is 0 Å². The molecule has 1 heterocycles. The molecular formula is C7H13NO4. The van der Waals surface area contributed by atoms with Gasteiger partial charge in [-0.1, -0.05) is 0 Å². The SMILES string of the molecule is NC(=O)[C@@H]1CC[C@H](O)[C@@H](CO)O1. The Labute approximate surface area is 70.1 Å². The van der Waals surface area contributed by atoms with Gasteiger partial charge in [0.1, 0.15) is 12.2 Å². The van der Waals surface area contributed by atoms with E-state index in [9.17, 15) is 9.90 Å². The van der Waals surface area contributed by atoms with Gasteiger partial charge in [0.05, 0.1) is 12.7 Å². The average Bonchev–Trinajstić information content (AvgIpc) is 2.05. The number of nitrogens with two attached hydrogens (primary N) is 1. The fraction of sp³-hybridized carbons (Fsp3) is 0.857. The molecular weight excluding hydrogens is 162 g/mol. The van der Waals surface area contributed by atoms with Crippen molar-refractivity contribution in [3.8, 4) is 0 Å². The van der Waals surface area contributed by atoms with Gasteiger partial charge in [-0.05, 0) is 12.8 Å². The number of aliphatic hydroxyl groups excluding tert-OH is 2. The molecule has 0 aromatic rings. The molecule has 70 valence electrons. The molecule has 0 aliphatic carbocycles. The first-order valence-corrected chi connectivity index (χ1v) is 3.89. The predicted octanol–water partition coefficient (Wildman–Crippen LogP) is -1.63. The third-order valence-corrected chi connectivity index (χ3v) is 1.99. The average molecular weight is 175 g/mol. The van der Waals surface area contributed by atoms with E-state index in [-0.39, 0.29) is 6.61 Å². The quantitative estimate of drug-likeness (QED) is 0.470. The lowest BCUT2D eigenvalue weighted by atomic mass is 10.0. The molecule has 1 aliphatic heterocycles. The first-order valence-electron chi connectivity index (χ1n) is 3.89. The molecule has 4 N–H and O–H groups in total. The molecule has 12 heavy (non-hydrogen) atoms. The van der Waals surface area contributed by atoms with Crippen molar-refractivity contribution in [2.75, 3.05) is 6.61 Å². The van der Waals surface area contributed by atoms with Crippen LogP contribution in [0.2, 0.25) is 0 Å². The summed E-state index contributed by atoms with van der Waals surface area (Å²) in [4.78, 5) is 10.7. The van der Waals surface area contributed by atoms with Gasteiger partial charge in [0.25, 0.3) is 0 Å². The number of rotatable bonds is 2. The third kappa shape index (κ3) is 1.94. The Morgan fingerprint density at radius 3 is 2.75 bits per heavy atom. The number of hydrogen-bond acceptors (Lipinski definition) is 4. The van der Waals surface area contributed by atoms with Gasteiger partial charge in [0.2, 0.25) is 5.91 Å². The first kappa shape index (κ1) is 9.44. The lowest BCUT2D eigenvalue weighted by molar-refractivity contribution is -0.156. The normalized spacial score (nSPS) is 36.3. The summed E-state index contributed by atoms with van der Waals surface area (Å²) in [5.41, 5.74) is 5.00. The Kier molecular flexibility index (Phi) is 3.02. The monoisotopic (exact) mass is 175 g/mol. The van der Waals surface area contributed by atoms with Crippen LogP contribution in [0.25, 0.3) is 0 Å². The lowest BCUT2D eigenvalue weighted by Crippen LogP contribution is -2.46. The van der Waals surface area contributed by atoms with Crippen LogP contribution in [0, 0.1) is 0 Å². The molecule has 0 radical (unpaired) electrons. The van der Waals surface area contributed by atoms with E-state index in [1.165, 1.54) is 0 Å². The van der Waals surface area contributed by atoms with Crippen molar-refractivity contribution < 1.29 is 19.7 Å². The molecule has 1 saturated heterocycles. The topological polar surface area (TPSA) is 92.8 Å². The molecule has 1 aliphatic rings. The second-order valence-electron chi connectivity index (χ2n) is 2.89. The van der Waals surface area contributed by atoms with Crippen molar-refractivity contribution in [2.45, 2.75) is 31.2 Å². The molecule has 0 aromatic heterocycles. The van der Waals surface area contributed by atoms with Crippen molar-refractivity contribution in [1.29, 1.82) is 0 Å². The first-order chi connectivity index (χ1) is 5.65. The second-order valence-corrected chi connectivity index (χ2v) is 2.89. The molecule has 0 spiro atoms. The van der Waals surface area contributed by atoms with Crippen molar-refractivity contribution in [3.05, 3.63) is 0 Å². The summed E-state index contributed by atoms with van der Waals surface area (Å²) >= 11 is 0. The Hall–Kier alpha value is -0.650. The maximum Gasteiger partial charge on any atom is 0.246 e. The standard InChI is InChI=1S/C7H13NO4/c8-7(11)5-2-1-4(10)6(3-9)12-5/h4-6,9-10H,1-3H2,(H2,8,11)/t4-,5-,6+/m0/s1. The van der Waals surface area contributed by atoms with Crippen LogP contribution in [-0.4, -0.2) is 41.0 Å². The van der Waals surface area contributed by atoms with E-state index < -0.39 is 24.2 Å². The maximum absolute atomic E-state index is 10.7. The third-order valence-electron chi connectivity index (χ3n) is 1.99. The largest absolute Gasteiger partial charge is 0.394 e. The van der Waals surface area contributed by atoms with Crippen LogP contribution < -0.4 is 5.73 Å². The highest BCUT2D eigenvalue weighted by molar-refractivity contribution is 5.78. The van der Waals surface area contributed by atoms with Crippen molar-refractivity contribution >= 4 is 5.91 Å². The van der Waals surface area contributed by atoms with Crippen molar-refractivity contribution in [2.24, 2.45) is 5.73 Å². The highest BCUT2D eigenvalue weighted by atomic mass is 16.5. The van der Waals surface area contributed by atoms with E-state index in [1.54, 1.807) is 0 Å². The number of carbonyl (C=O) groups excluding carboxylic acids is 1. The Bertz CT molecular complexity index is 173. The van der Waals surface area contributed by atoms with Crippen molar-refractivity contribution in [3.63, 3.8) is 0 Å². The van der Waals surface area contributed by atoms with Gasteiger partial charge >= 0.3 is 0 Å². The summed E-state index contributed by atoms with van der Waals surface area (Å²) in [6.07, 6.45) is -1.15. The van der Waals surface area contributed by atoms with Crippen LogP contribution in [-0.2, 0) is 9.53 Å². The van der Waals surface area contributed by atoms with E-state index >= 15 is 0 Å². The van der Waals surface area contributed by atoms with E-state index in [0.29, 0.717) is 12.8 Å². The maximum atomic E-state index is 10.7. The summed E-state index contributed by atoms with van der Waals surface area (Å²) in [5, 5.41) is 18.0. The summed E-state index contributed by atoms with van der Waals surface area (Å²) in [6.45, 7) is -0.287. The zero-order valence-corrected chi connectivity index (χ0v) is 6.64. The second kappa shape index (κ2) is 3.84. The van der Waals surface area contributed by atoms with Gasteiger partial charge in [0, 0.05) is 0 Å². The van der Waals surface area contributed by atoms with E-state index in [4.69, 9.17) is 15.6 Å². The van der Waals surface area contributed by atoms with E-state index in [0.717, 1.165) is 0 Å². The highest BCUT2D eigenvalue weighted by Crippen LogP contribution is 2.18. The molecule has 0 unspecified atom stereocenters. The molecule has 0 bridgehead atoms. The molecule has 0 aromatic carbocycles. The van der Waals surface area contributed by atoms with Gasteiger partial charge in [0.15, 0.2) is 0 Å². The highest BCUT2D eigenvalue weighted by Gasteiger charge is 2.31. The van der Waals surface area contributed by atoms with Gasteiger partial charge in [-0.25, -0.2) is 0 Å². The summed E-state index contributed by atoms with van der Waals surface area (Å²) in [6, 6.07) is 0. The Morgan fingerprint density at radius 2 is 2.25 bits per heavy atom. The number of ether oxygens (including phenoxy) is 1. The molecule has 5 nitrogen and oxygen atoms in total. The summed E-state index contributed by atoms with van der Waals surface area (Å²) < 4.78 is 5.03. The zero-order chi connectivity index (χ0) is 9.14. The van der Waals surface area contributed by atoms with Crippen LogP contribution in [0.15, 0.2) is 0 Å². The molecule has 1 amide bonds. The minimum Gasteiger partial charge on any atom is -0.394 e. The molecule has 1 fully saturated rings. The fourth-order valence-electron chi connectivity index (χ4n) is 1.25. The summed E-state index contributed by atoms with van der Waals surface area (Å²) in [5.74, 6) is -0.541. The molecule has 3 atom stereocenters. The van der Waals surface area contributed by atoms with E-state index in [2.05, 4.69) is 0 Å². The Morgan fingerprint density at radius 1 is 1.58 bits per heavy atom. The molecule has 0 saturated carbocycles. The number of amides is 1. The number of primary amides is 1. The molecule has 5 heteroatoms. The van der Waals surface area contributed by atoms with Crippen LogP contribution >= 0.6 is 0 Å². The van der Waals surface area contributed by atoms with Crippen LogP contribution in [0.3, 0.4) is 0 Å². The van der Waals surface area contributed by atoms with E-state index in [1.807, 2.05) is 0 Å². The lowest BCUT2D eigenvalue weighted by Gasteiger charge is -2.31. The number of carbonyl (C=O) groups is 1. The molecule has 1 rings (SSSR count). The van der Waals surface area contributed by atoms with Crippen molar-refractivity contribution in [1.82, 2.24) is 0 Å². The van der Waals surface area contributed by atoms with Crippen LogP contribution in [0.5, 0.6) is 0 Å². The minimum atomic E-state index is -0.689. The predicted molar refractivity (Wildman–Crippen MR) is 40.2 cm³/mol. The minimum absolute atomic E-state index is 0.287. The zero-order valence-electron chi connectivity index (χ0n) is 6.64. The smallest absolute Gasteiger partial charge is 0.246 e. The number of aliphatic hydroxyl groups is 2. The number of hydrogen-bond donors (Lipinski definition) is 3. The fourth-order valence-corrected chi connectivity index (χ4v) is 1.25. The van der Waals surface area contributed by atoms with Crippen LogP contribution in [0.4, 0.5) is 0 Å². The van der Waals surface area contributed by atoms with Gasteiger partial charge in [-0.15, -0.1) is 0 Å². The van der Waals surface area contributed by atoms with Gasteiger partial charge < -0.3 is 20.7 Å². The summed E-state index contributed by atoms with van der Waals surface area (Å²) in [7, 11) is 0. The van der Waals surface area contributed by atoms with Crippen LogP contribution in [0.1, 0.15) is 12.8 Å². The Balaban J connectivity index is 2.49. The van der Waals surface area contributed by atoms with Gasteiger partial charge in [-0.3, -0.25) is 4.79 Å².